The Labute approximate surface area is 123 Å². The number of amides is 1. The van der Waals surface area contributed by atoms with Crippen molar-refractivity contribution in [2.75, 3.05) is 23.6 Å². The first-order valence-electron chi connectivity index (χ1n) is 6.92. The number of hydrogen-bond donors (Lipinski definition) is 1. The van der Waals surface area contributed by atoms with Crippen molar-refractivity contribution >= 4 is 21.4 Å². The molecule has 1 aromatic rings. The SMILES string of the molecule is O=C(CC1CCCS(=O)(=O)C1)Nc1ccc2c(c1)OCO2. The zero-order chi connectivity index (χ0) is 14.9. The highest BCUT2D eigenvalue weighted by Crippen LogP contribution is 2.34. The van der Waals surface area contributed by atoms with E-state index in [2.05, 4.69) is 5.32 Å². The number of carbonyl (C=O) groups excluding carboxylic acids is 1. The van der Waals surface area contributed by atoms with Crippen LogP contribution in [-0.4, -0.2) is 32.6 Å². The van der Waals surface area contributed by atoms with E-state index in [1.165, 1.54) is 0 Å². The van der Waals surface area contributed by atoms with Crippen molar-refractivity contribution in [2.45, 2.75) is 19.3 Å². The van der Waals surface area contributed by atoms with Gasteiger partial charge in [-0.15, -0.1) is 0 Å². The Balaban J connectivity index is 1.59. The predicted octanol–water partition coefficient (Wildman–Crippen LogP) is 1.57. The second-order valence-corrected chi connectivity index (χ2v) is 7.67. The van der Waals surface area contributed by atoms with Gasteiger partial charge in [0.2, 0.25) is 12.7 Å². The van der Waals surface area contributed by atoms with E-state index in [0.29, 0.717) is 23.6 Å². The number of anilines is 1. The van der Waals surface area contributed by atoms with Crippen LogP contribution in [0.3, 0.4) is 0 Å². The minimum Gasteiger partial charge on any atom is -0.454 e. The van der Waals surface area contributed by atoms with E-state index in [9.17, 15) is 13.2 Å². The van der Waals surface area contributed by atoms with Crippen LogP contribution in [0.4, 0.5) is 5.69 Å². The van der Waals surface area contributed by atoms with Crippen LogP contribution in [0.5, 0.6) is 11.5 Å². The molecule has 1 amide bonds. The average molecular weight is 311 g/mol. The van der Waals surface area contributed by atoms with Gasteiger partial charge in [-0.25, -0.2) is 8.42 Å². The third kappa shape index (κ3) is 3.47. The minimum atomic E-state index is -2.97. The number of sulfone groups is 1. The average Bonchev–Trinajstić information content (AvgIpc) is 2.84. The van der Waals surface area contributed by atoms with Gasteiger partial charge in [-0.3, -0.25) is 4.79 Å². The maximum atomic E-state index is 12.0. The van der Waals surface area contributed by atoms with Crippen molar-refractivity contribution in [3.8, 4) is 11.5 Å². The van der Waals surface area contributed by atoms with Crippen LogP contribution < -0.4 is 14.8 Å². The molecule has 0 bridgehead atoms. The molecule has 2 heterocycles. The Hall–Kier alpha value is -1.76. The van der Waals surface area contributed by atoms with Gasteiger partial charge in [0, 0.05) is 18.2 Å². The number of rotatable bonds is 3. The molecule has 114 valence electrons. The van der Waals surface area contributed by atoms with Crippen LogP contribution in [-0.2, 0) is 14.6 Å². The first-order valence-corrected chi connectivity index (χ1v) is 8.74. The quantitative estimate of drug-likeness (QED) is 0.916. The van der Waals surface area contributed by atoms with Gasteiger partial charge in [-0.05, 0) is 30.9 Å². The second-order valence-electron chi connectivity index (χ2n) is 5.44. The molecule has 1 unspecified atom stereocenters. The molecule has 1 N–H and O–H groups in total. The molecule has 2 aliphatic rings. The lowest BCUT2D eigenvalue weighted by Crippen LogP contribution is -2.28. The summed E-state index contributed by atoms with van der Waals surface area (Å²) in [4.78, 5) is 12.0. The van der Waals surface area contributed by atoms with Gasteiger partial charge < -0.3 is 14.8 Å². The third-order valence-electron chi connectivity index (χ3n) is 3.69. The van der Waals surface area contributed by atoms with Crippen molar-refractivity contribution in [1.29, 1.82) is 0 Å². The second kappa shape index (κ2) is 5.55. The molecule has 3 rings (SSSR count). The van der Waals surface area contributed by atoms with Crippen molar-refractivity contribution < 1.29 is 22.7 Å². The summed E-state index contributed by atoms with van der Waals surface area (Å²) in [7, 11) is -2.97. The molecular weight excluding hydrogens is 294 g/mol. The Morgan fingerprint density at radius 2 is 2.10 bits per heavy atom. The summed E-state index contributed by atoms with van der Waals surface area (Å²) in [6, 6.07) is 5.18. The fourth-order valence-corrected chi connectivity index (χ4v) is 4.50. The molecule has 21 heavy (non-hydrogen) atoms. The maximum Gasteiger partial charge on any atom is 0.231 e. The highest BCUT2D eigenvalue weighted by atomic mass is 32.2. The zero-order valence-corrected chi connectivity index (χ0v) is 12.3. The van der Waals surface area contributed by atoms with E-state index < -0.39 is 9.84 Å². The van der Waals surface area contributed by atoms with Gasteiger partial charge in [0.15, 0.2) is 21.3 Å². The van der Waals surface area contributed by atoms with Crippen molar-refractivity contribution in [2.24, 2.45) is 5.92 Å². The van der Waals surface area contributed by atoms with E-state index >= 15 is 0 Å². The molecule has 1 aromatic carbocycles. The Bertz CT molecular complexity index is 655. The Kier molecular flexibility index (Phi) is 3.75. The first-order chi connectivity index (χ1) is 10.0. The van der Waals surface area contributed by atoms with Gasteiger partial charge >= 0.3 is 0 Å². The lowest BCUT2D eigenvalue weighted by Gasteiger charge is -2.21. The summed E-state index contributed by atoms with van der Waals surface area (Å²) in [5.41, 5.74) is 0.628. The molecule has 0 radical (unpaired) electrons. The number of benzene rings is 1. The Morgan fingerprint density at radius 3 is 2.90 bits per heavy atom. The van der Waals surface area contributed by atoms with Gasteiger partial charge in [0.1, 0.15) is 0 Å². The normalized spacial score (nSPS) is 22.8. The summed E-state index contributed by atoms with van der Waals surface area (Å²) >= 11 is 0. The zero-order valence-electron chi connectivity index (χ0n) is 11.5. The lowest BCUT2D eigenvalue weighted by atomic mass is 10.0. The molecule has 1 fully saturated rings. The molecule has 0 saturated carbocycles. The van der Waals surface area contributed by atoms with Gasteiger partial charge in [-0.2, -0.15) is 0 Å². The number of fused-ring (bicyclic) bond motifs is 1. The fraction of sp³-hybridized carbons (Fsp3) is 0.500. The minimum absolute atomic E-state index is 0.0854. The summed E-state index contributed by atoms with van der Waals surface area (Å²) in [6.45, 7) is 0.187. The highest BCUT2D eigenvalue weighted by molar-refractivity contribution is 7.91. The van der Waals surface area contributed by atoms with Gasteiger partial charge in [-0.1, -0.05) is 0 Å². The van der Waals surface area contributed by atoms with Crippen molar-refractivity contribution in [3.05, 3.63) is 18.2 Å². The molecule has 0 aliphatic carbocycles. The van der Waals surface area contributed by atoms with E-state index in [1.807, 2.05) is 0 Å². The van der Waals surface area contributed by atoms with Crippen molar-refractivity contribution in [3.63, 3.8) is 0 Å². The van der Waals surface area contributed by atoms with Gasteiger partial charge in [0.05, 0.1) is 11.5 Å². The van der Waals surface area contributed by atoms with Crippen LogP contribution in [0.1, 0.15) is 19.3 Å². The third-order valence-corrected chi connectivity index (χ3v) is 5.58. The monoisotopic (exact) mass is 311 g/mol. The van der Waals surface area contributed by atoms with Crippen molar-refractivity contribution in [1.82, 2.24) is 0 Å². The molecule has 0 aromatic heterocycles. The summed E-state index contributed by atoms with van der Waals surface area (Å²) in [5, 5.41) is 2.78. The fourth-order valence-electron chi connectivity index (χ4n) is 2.73. The summed E-state index contributed by atoms with van der Waals surface area (Å²) < 4.78 is 33.6. The maximum absolute atomic E-state index is 12.0. The molecule has 2 aliphatic heterocycles. The Morgan fingerprint density at radius 1 is 1.29 bits per heavy atom. The van der Waals surface area contributed by atoms with Crippen LogP contribution in [0.2, 0.25) is 0 Å². The molecular formula is C14H17NO5S. The molecule has 7 heteroatoms. The highest BCUT2D eigenvalue weighted by Gasteiger charge is 2.26. The largest absolute Gasteiger partial charge is 0.454 e. The standard InChI is InChI=1S/C14H17NO5S/c16-14(6-10-2-1-5-21(17,18)8-10)15-11-3-4-12-13(7-11)20-9-19-12/h3-4,7,10H,1-2,5-6,8-9H2,(H,15,16). The molecule has 1 saturated heterocycles. The number of nitrogens with one attached hydrogen (secondary N) is 1. The summed E-state index contributed by atoms with van der Waals surface area (Å²) in [5.74, 6) is 1.36. The molecule has 1 atom stereocenters. The molecule has 0 spiro atoms. The van der Waals surface area contributed by atoms with E-state index in [0.717, 1.165) is 6.42 Å². The number of carbonyl (C=O) groups is 1. The van der Waals surface area contributed by atoms with Crippen LogP contribution in [0.25, 0.3) is 0 Å². The van der Waals surface area contributed by atoms with Crippen LogP contribution in [0, 0.1) is 5.92 Å². The first kappa shape index (κ1) is 14.2. The predicted molar refractivity (Wildman–Crippen MR) is 77.2 cm³/mol. The van der Waals surface area contributed by atoms with E-state index in [-0.39, 0.29) is 36.5 Å². The van der Waals surface area contributed by atoms with E-state index in [1.54, 1.807) is 18.2 Å². The number of hydrogen-bond acceptors (Lipinski definition) is 5. The van der Waals surface area contributed by atoms with Gasteiger partial charge in [0.25, 0.3) is 0 Å². The van der Waals surface area contributed by atoms with Crippen LogP contribution >= 0.6 is 0 Å². The summed E-state index contributed by atoms with van der Waals surface area (Å²) in [6.07, 6.45) is 1.66. The smallest absolute Gasteiger partial charge is 0.231 e. The van der Waals surface area contributed by atoms with E-state index in [4.69, 9.17) is 9.47 Å². The molecule has 6 nitrogen and oxygen atoms in total. The lowest BCUT2D eigenvalue weighted by molar-refractivity contribution is -0.117. The topological polar surface area (TPSA) is 81.7 Å². The van der Waals surface area contributed by atoms with Crippen LogP contribution in [0.15, 0.2) is 18.2 Å². The number of ether oxygens (including phenoxy) is 2.